The first-order valence-electron chi connectivity index (χ1n) is 9.41. The highest BCUT2D eigenvalue weighted by Crippen LogP contribution is 2.26. The molecular formula is C21H23N3O4S2. The number of carbonyl (C=O) groups excluding carboxylic acids is 2. The van der Waals surface area contributed by atoms with E-state index in [-0.39, 0.29) is 29.6 Å². The maximum absolute atomic E-state index is 12.6. The number of benzene rings is 2. The fourth-order valence-electron chi connectivity index (χ4n) is 2.89. The Bertz CT molecular complexity index is 1180. The lowest BCUT2D eigenvalue weighted by Gasteiger charge is -2.17. The highest BCUT2D eigenvalue weighted by atomic mass is 32.2. The van der Waals surface area contributed by atoms with Gasteiger partial charge in [0.05, 0.1) is 15.1 Å². The summed E-state index contributed by atoms with van der Waals surface area (Å²) >= 11 is 1.41. The summed E-state index contributed by atoms with van der Waals surface area (Å²) in [6.45, 7) is 3.62. The SMILES string of the molecule is CC(=O)c1ccc(S(=O)(=O)N(C)CCCC(=O)Nc2nc3ccc(C)cc3s2)cc1. The van der Waals surface area contributed by atoms with Gasteiger partial charge in [-0.3, -0.25) is 9.59 Å². The molecule has 7 nitrogen and oxygen atoms in total. The van der Waals surface area contributed by atoms with Crippen LogP contribution in [-0.4, -0.2) is 43.0 Å². The van der Waals surface area contributed by atoms with E-state index in [2.05, 4.69) is 10.3 Å². The molecule has 0 fully saturated rings. The van der Waals surface area contributed by atoms with Crippen molar-refractivity contribution in [1.82, 2.24) is 9.29 Å². The predicted molar refractivity (Wildman–Crippen MR) is 118 cm³/mol. The van der Waals surface area contributed by atoms with Gasteiger partial charge in [-0.15, -0.1) is 0 Å². The van der Waals surface area contributed by atoms with Crippen molar-refractivity contribution in [3.05, 3.63) is 53.6 Å². The van der Waals surface area contributed by atoms with Gasteiger partial charge in [-0.05, 0) is 50.1 Å². The first kappa shape index (κ1) is 22.1. The molecule has 1 aromatic heterocycles. The molecule has 0 unspecified atom stereocenters. The Labute approximate surface area is 179 Å². The summed E-state index contributed by atoms with van der Waals surface area (Å²) in [6.07, 6.45) is 0.551. The largest absolute Gasteiger partial charge is 0.302 e. The van der Waals surface area contributed by atoms with E-state index in [1.807, 2.05) is 25.1 Å². The molecule has 0 aliphatic rings. The van der Waals surface area contributed by atoms with Crippen LogP contribution in [0.15, 0.2) is 47.4 Å². The van der Waals surface area contributed by atoms with E-state index < -0.39 is 10.0 Å². The molecule has 9 heteroatoms. The third kappa shape index (κ3) is 5.10. The Hall–Kier alpha value is -2.62. The number of aromatic nitrogens is 1. The molecule has 0 saturated heterocycles. The summed E-state index contributed by atoms with van der Waals surface area (Å²) < 4.78 is 27.5. The molecule has 0 saturated carbocycles. The van der Waals surface area contributed by atoms with Crippen LogP contribution in [0.25, 0.3) is 10.2 Å². The van der Waals surface area contributed by atoms with E-state index in [4.69, 9.17) is 0 Å². The van der Waals surface area contributed by atoms with Crippen LogP contribution in [0, 0.1) is 6.92 Å². The minimum atomic E-state index is -3.68. The van der Waals surface area contributed by atoms with Crippen LogP contribution in [-0.2, 0) is 14.8 Å². The maximum Gasteiger partial charge on any atom is 0.242 e. The van der Waals surface area contributed by atoms with Gasteiger partial charge in [0.1, 0.15) is 0 Å². The molecular weight excluding hydrogens is 422 g/mol. The van der Waals surface area contributed by atoms with E-state index in [1.54, 1.807) is 0 Å². The molecule has 0 aliphatic heterocycles. The van der Waals surface area contributed by atoms with E-state index >= 15 is 0 Å². The Balaban J connectivity index is 1.54. The molecule has 0 radical (unpaired) electrons. The van der Waals surface area contributed by atoms with Gasteiger partial charge in [0.25, 0.3) is 0 Å². The number of sulfonamides is 1. The number of aryl methyl sites for hydroxylation is 1. The Morgan fingerprint density at radius 2 is 1.83 bits per heavy atom. The Kier molecular flexibility index (Phi) is 6.64. The number of rotatable bonds is 8. The molecule has 2 aromatic carbocycles. The van der Waals surface area contributed by atoms with Crippen molar-refractivity contribution in [2.45, 2.75) is 31.6 Å². The Morgan fingerprint density at radius 3 is 2.50 bits per heavy atom. The predicted octanol–water partition coefficient (Wildman–Crippen LogP) is 3.85. The van der Waals surface area contributed by atoms with Gasteiger partial charge in [-0.25, -0.2) is 17.7 Å². The summed E-state index contributed by atoms with van der Waals surface area (Å²) in [5, 5.41) is 3.31. The number of thiazole rings is 1. The quantitative estimate of drug-likeness (QED) is 0.531. The molecule has 0 bridgehead atoms. The second-order valence-electron chi connectivity index (χ2n) is 7.05. The van der Waals surface area contributed by atoms with Crippen molar-refractivity contribution in [2.75, 3.05) is 18.9 Å². The molecule has 1 amide bonds. The zero-order chi connectivity index (χ0) is 21.9. The van der Waals surface area contributed by atoms with Crippen molar-refractivity contribution in [3.63, 3.8) is 0 Å². The zero-order valence-corrected chi connectivity index (χ0v) is 18.6. The van der Waals surface area contributed by atoms with Gasteiger partial charge >= 0.3 is 0 Å². The first-order valence-corrected chi connectivity index (χ1v) is 11.7. The monoisotopic (exact) mass is 445 g/mol. The Morgan fingerprint density at radius 1 is 1.13 bits per heavy atom. The number of hydrogen-bond acceptors (Lipinski definition) is 6. The highest BCUT2D eigenvalue weighted by Gasteiger charge is 2.21. The van der Waals surface area contributed by atoms with Crippen molar-refractivity contribution >= 4 is 48.4 Å². The zero-order valence-electron chi connectivity index (χ0n) is 17.0. The van der Waals surface area contributed by atoms with Gasteiger partial charge in [-0.1, -0.05) is 29.5 Å². The van der Waals surface area contributed by atoms with Crippen molar-refractivity contribution in [2.24, 2.45) is 0 Å². The smallest absolute Gasteiger partial charge is 0.242 e. The summed E-state index contributed by atoms with van der Waals surface area (Å²) in [7, 11) is -2.21. The molecule has 158 valence electrons. The van der Waals surface area contributed by atoms with Crippen LogP contribution in [0.3, 0.4) is 0 Å². The fraction of sp³-hybridized carbons (Fsp3) is 0.286. The van der Waals surface area contributed by atoms with Crippen molar-refractivity contribution < 1.29 is 18.0 Å². The summed E-state index contributed by atoms with van der Waals surface area (Å²) in [6, 6.07) is 11.7. The third-order valence-corrected chi connectivity index (χ3v) is 7.44. The fourth-order valence-corrected chi connectivity index (χ4v) is 5.08. The van der Waals surface area contributed by atoms with Crippen LogP contribution in [0.5, 0.6) is 0 Å². The van der Waals surface area contributed by atoms with E-state index in [1.165, 1.54) is 53.9 Å². The van der Waals surface area contributed by atoms with E-state index in [9.17, 15) is 18.0 Å². The highest BCUT2D eigenvalue weighted by molar-refractivity contribution is 7.89. The number of Topliss-reactive ketones (excluding diaryl/α,β-unsaturated/α-hetero) is 1. The molecule has 0 aliphatic carbocycles. The average Bonchev–Trinajstić information content (AvgIpc) is 3.08. The van der Waals surface area contributed by atoms with E-state index in [0.29, 0.717) is 17.1 Å². The van der Waals surface area contributed by atoms with Crippen LogP contribution in [0.2, 0.25) is 0 Å². The summed E-state index contributed by atoms with van der Waals surface area (Å²) in [5.74, 6) is -0.330. The molecule has 0 spiro atoms. The van der Waals surface area contributed by atoms with Gasteiger partial charge in [0, 0.05) is 25.6 Å². The maximum atomic E-state index is 12.6. The summed E-state index contributed by atoms with van der Waals surface area (Å²) in [5.41, 5.74) is 2.42. The number of nitrogens with zero attached hydrogens (tertiary/aromatic N) is 2. The first-order chi connectivity index (χ1) is 14.2. The van der Waals surface area contributed by atoms with Crippen molar-refractivity contribution in [3.8, 4) is 0 Å². The number of amides is 1. The number of ketones is 1. The lowest BCUT2D eigenvalue weighted by Crippen LogP contribution is -2.28. The number of nitrogens with one attached hydrogen (secondary N) is 1. The molecule has 30 heavy (non-hydrogen) atoms. The van der Waals surface area contributed by atoms with Crippen molar-refractivity contribution in [1.29, 1.82) is 0 Å². The normalized spacial score (nSPS) is 11.7. The molecule has 0 atom stereocenters. The van der Waals surface area contributed by atoms with E-state index in [0.717, 1.165) is 15.8 Å². The third-order valence-electron chi connectivity index (χ3n) is 4.64. The number of hydrogen-bond donors (Lipinski definition) is 1. The number of anilines is 1. The molecule has 1 N–H and O–H groups in total. The number of fused-ring (bicyclic) bond motifs is 1. The lowest BCUT2D eigenvalue weighted by atomic mass is 10.2. The van der Waals surface area contributed by atoms with Crippen LogP contribution < -0.4 is 5.32 Å². The van der Waals surface area contributed by atoms with Gasteiger partial charge < -0.3 is 5.32 Å². The minimum Gasteiger partial charge on any atom is -0.302 e. The van der Waals surface area contributed by atoms with Crippen LogP contribution >= 0.6 is 11.3 Å². The molecule has 1 heterocycles. The second-order valence-corrected chi connectivity index (χ2v) is 10.1. The van der Waals surface area contributed by atoms with Gasteiger partial charge in [0.15, 0.2) is 10.9 Å². The van der Waals surface area contributed by atoms with Gasteiger partial charge in [0.2, 0.25) is 15.9 Å². The standard InChI is InChI=1S/C21H23N3O4S2/c1-14-6-11-18-19(13-14)29-21(22-18)23-20(26)5-4-12-24(3)30(27,28)17-9-7-16(8-10-17)15(2)25/h6-11,13H,4-5,12H2,1-3H3,(H,22,23,26). The second kappa shape index (κ2) is 9.03. The molecule has 3 aromatic rings. The summed E-state index contributed by atoms with van der Waals surface area (Å²) in [4.78, 5) is 28.1. The topological polar surface area (TPSA) is 96.4 Å². The minimum absolute atomic E-state index is 0.115. The van der Waals surface area contributed by atoms with Crippen LogP contribution in [0.1, 0.15) is 35.7 Å². The number of carbonyl (C=O) groups is 2. The average molecular weight is 446 g/mol. The van der Waals surface area contributed by atoms with Crippen LogP contribution in [0.4, 0.5) is 5.13 Å². The lowest BCUT2D eigenvalue weighted by molar-refractivity contribution is -0.116. The molecule has 3 rings (SSSR count). The van der Waals surface area contributed by atoms with Gasteiger partial charge in [-0.2, -0.15) is 0 Å².